The van der Waals surface area contributed by atoms with Crippen LogP contribution in [0.25, 0.3) is 0 Å². The average molecular weight is 751 g/mol. The van der Waals surface area contributed by atoms with E-state index in [1.54, 1.807) is 11.6 Å². The quantitative estimate of drug-likeness (QED) is 0.113. The van der Waals surface area contributed by atoms with Gasteiger partial charge in [0.25, 0.3) is 0 Å². The van der Waals surface area contributed by atoms with Gasteiger partial charge in [-0.05, 0) is 6.92 Å². The number of carboxylic acids is 2. The zero-order valence-electron chi connectivity index (χ0n) is 26.1. The van der Waals surface area contributed by atoms with Crippen molar-refractivity contribution in [2.45, 2.75) is 105 Å². The number of carbonyl (C=O) groups is 2. The molecule has 0 aliphatic carbocycles. The standard InChI is InChI=1S/C6H13NO6S.C6H10O6.C6H10O5.C6H12O3.3H2O/c8-2-4-1-6(9)5(3-13-4)7-14(10,11)12;7-2-1-12-5(6(10)11)4(9)3(2)8;7-3-1-5(6(9)10)11-2-4(3)8;1-4-6(8)2-5(3-7)9-4;;;/h4-9H,1-3H2,(H,10,11,12);2-5,7-9H,1H2,(H,10,11);3-5,7-8H,1-2H2,(H,9,10);4-8H,2-3H2,1H3;3*1H2/p-3. The van der Waals surface area contributed by atoms with Crippen LogP contribution in [0.2, 0.25) is 0 Å². The van der Waals surface area contributed by atoms with E-state index in [2.05, 4.69) is 9.47 Å². The van der Waals surface area contributed by atoms with E-state index in [0.717, 1.165) is 0 Å². The molecule has 0 bridgehead atoms. The van der Waals surface area contributed by atoms with Gasteiger partial charge in [0, 0.05) is 19.3 Å². The molecule has 13 unspecified atom stereocenters. The first-order valence-corrected chi connectivity index (χ1v) is 15.3. The Morgan fingerprint density at radius 3 is 1.61 bits per heavy atom. The Morgan fingerprint density at radius 2 is 1.22 bits per heavy atom. The molecular weight excluding hydrogens is 702 g/mol. The third-order valence-electron chi connectivity index (χ3n) is 7.00. The summed E-state index contributed by atoms with van der Waals surface area (Å²) in [5, 5.41) is 101. The lowest BCUT2D eigenvalue weighted by Crippen LogP contribution is -2.58. The summed E-state index contributed by atoms with van der Waals surface area (Å²) < 4.78 is 51.9. The van der Waals surface area contributed by atoms with Crippen LogP contribution in [0.4, 0.5) is 0 Å². The van der Waals surface area contributed by atoms with Crippen LogP contribution in [0.1, 0.15) is 26.2 Å². The highest BCUT2D eigenvalue weighted by Crippen LogP contribution is 2.19. The van der Waals surface area contributed by atoms with E-state index in [1.165, 1.54) is 0 Å². The van der Waals surface area contributed by atoms with Gasteiger partial charge in [0.15, 0.2) is 10.3 Å². The van der Waals surface area contributed by atoms with Crippen LogP contribution < -0.4 is 14.9 Å². The maximum absolute atomic E-state index is 10.3. The van der Waals surface area contributed by atoms with Crippen molar-refractivity contribution in [2.75, 3.05) is 33.0 Å². The molecule has 4 aliphatic heterocycles. The number of aliphatic carboxylic acids is 2. The zero-order valence-corrected chi connectivity index (χ0v) is 26.9. The number of nitrogens with one attached hydrogen (secondary N) is 1. The van der Waals surface area contributed by atoms with Crippen LogP contribution >= 0.6 is 0 Å². The Labute approximate surface area is 279 Å². The molecule has 0 aromatic heterocycles. The summed E-state index contributed by atoms with van der Waals surface area (Å²) in [6.07, 6.45) is -10.6. The molecule has 0 spiro atoms. The second-order valence-electron chi connectivity index (χ2n) is 10.7. The van der Waals surface area contributed by atoms with Crippen molar-refractivity contribution in [3.8, 4) is 0 Å². The average Bonchev–Trinajstić information content (AvgIpc) is 3.31. The fourth-order valence-corrected chi connectivity index (χ4v) is 4.85. The van der Waals surface area contributed by atoms with Gasteiger partial charge in [-0.2, -0.15) is 0 Å². The minimum absolute atomic E-state index is 0. The highest BCUT2D eigenvalue weighted by molar-refractivity contribution is 7.83. The molecule has 16 N–H and O–H groups in total. The lowest BCUT2D eigenvalue weighted by molar-refractivity contribution is -0.328. The van der Waals surface area contributed by atoms with Crippen molar-refractivity contribution in [1.29, 1.82) is 0 Å². The van der Waals surface area contributed by atoms with Gasteiger partial charge >= 0.3 is 0 Å². The zero-order chi connectivity index (χ0) is 35.4. The number of carboxylic acid groups (broad SMARTS) is 2. The Hall–Kier alpha value is -1.83. The van der Waals surface area contributed by atoms with Crippen molar-refractivity contribution in [1.82, 2.24) is 4.72 Å². The third-order valence-corrected chi connectivity index (χ3v) is 7.59. The molecule has 296 valence electrons. The molecule has 13 atom stereocenters. The summed E-state index contributed by atoms with van der Waals surface area (Å²) in [4.78, 5) is 20.4. The predicted molar refractivity (Wildman–Crippen MR) is 151 cm³/mol. The van der Waals surface area contributed by atoms with Crippen LogP contribution in [0.3, 0.4) is 0 Å². The van der Waals surface area contributed by atoms with Crippen molar-refractivity contribution >= 4 is 22.2 Å². The SMILES string of the molecule is CC1OC(CO)CC1O.O.O.O.O=C([O-])C1CC(O)C(O)CO1.O=C([O-])C1OCC(O)C(O)C1O.O=S(=O)([O-])NC1COC(CO)CC1O. The summed E-state index contributed by atoms with van der Waals surface area (Å²) >= 11 is 0. The molecule has 24 nitrogen and oxygen atoms in total. The van der Waals surface area contributed by atoms with Gasteiger partial charge < -0.3 is 106 Å². The van der Waals surface area contributed by atoms with Crippen LogP contribution in [-0.4, -0.2) is 200 Å². The van der Waals surface area contributed by atoms with Gasteiger partial charge in [-0.15, -0.1) is 0 Å². The third kappa shape index (κ3) is 18.3. The molecular formula is C24H48NO23S-3. The summed E-state index contributed by atoms with van der Waals surface area (Å²) in [7, 11) is -4.58. The number of hydrogen-bond donors (Lipinski definition) is 10. The van der Waals surface area contributed by atoms with Gasteiger partial charge in [0.2, 0.25) is 0 Å². The minimum Gasteiger partial charge on any atom is -0.735 e. The Bertz CT molecular complexity index is 1010. The highest BCUT2D eigenvalue weighted by atomic mass is 32.2. The number of ether oxygens (including phenoxy) is 4. The molecule has 25 heteroatoms. The number of carbonyl (C=O) groups excluding carboxylic acids is 2. The Kier molecular flexibility index (Phi) is 25.6. The van der Waals surface area contributed by atoms with Gasteiger partial charge in [-0.1, -0.05) is 0 Å². The summed E-state index contributed by atoms with van der Waals surface area (Å²) in [5.74, 6) is -2.95. The van der Waals surface area contributed by atoms with Gasteiger partial charge in [0.1, 0.15) is 30.5 Å². The molecule has 4 aliphatic rings. The van der Waals surface area contributed by atoms with E-state index in [0.29, 0.717) is 6.42 Å². The monoisotopic (exact) mass is 750 g/mol. The molecule has 0 aromatic rings. The lowest BCUT2D eigenvalue weighted by atomic mass is 10.0. The van der Waals surface area contributed by atoms with E-state index < -0.39 is 83.2 Å². The summed E-state index contributed by atoms with van der Waals surface area (Å²) in [5.41, 5.74) is 0. The van der Waals surface area contributed by atoms with E-state index >= 15 is 0 Å². The molecule has 0 amide bonds. The molecule has 0 saturated carbocycles. The van der Waals surface area contributed by atoms with Crippen LogP contribution in [0.5, 0.6) is 0 Å². The first-order valence-electron chi connectivity index (χ1n) is 13.9. The summed E-state index contributed by atoms with van der Waals surface area (Å²) in [6.45, 7) is 0.986. The fourth-order valence-electron chi connectivity index (χ4n) is 4.25. The van der Waals surface area contributed by atoms with Crippen LogP contribution in [-0.2, 0) is 38.8 Å². The fraction of sp³-hybridized carbons (Fsp3) is 0.917. The predicted octanol–water partition coefficient (Wildman–Crippen LogP) is -11.9. The second kappa shape index (κ2) is 24.4. The smallest absolute Gasteiger partial charge is 0.159 e. The molecule has 4 fully saturated rings. The van der Waals surface area contributed by atoms with Gasteiger partial charge in [0.05, 0.1) is 93.7 Å². The number of hydrogen-bond acceptors (Lipinski definition) is 20. The van der Waals surface area contributed by atoms with E-state index in [1.807, 2.05) is 0 Å². The van der Waals surface area contributed by atoms with E-state index in [4.69, 9.17) is 50.3 Å². The van der Waals surface area contributed by atoms with Crippen molar-refractivity contribution in [3.63, 3.8) is 0 Å². The molecule has 0 aromatic carbocycles. The first-order chi connectivity index (χ1) is 21.3. The maximum Gasteiger partial charge on any atom is 0.159 e. The topological polar surface area (TPSA) is 463 Å². The van der Waals surface area contributed by atoms with Gasteiger partial charge in [-0.25, -0.2) is 13.1 Å². The molecule has 4 saturated heterocycles. The summed E-state index contributed by atoms with van der Waals surface area (Å²) in [6, 6.07) is -0.930. The number of aliphatic hydroxyl groups is 9. The number of aliphatic hydroxyl groups excluding tert-OH is 9. The molecule has 4 heterocycles. The number of rotatable bonds is 6. The molecule has 4 rings (SSSR count). The Morgan fingerprint density at radius 1 is 0.694 bits per heavy atom. The minimum atomic E-state index is -4.58. The van der Waals surface area contributed by atoms with Crippen LogP contribution in [0.15, 0.2) is 0 Å². The van der Waals surface area contributed by atoms with E-state index in [-0.39, 0.29) is 80.6 Å². The first kappa shape index (κ1) is 51.5. The Balaban J connectivity index is -0.000000570. The van der Waals surface area contributed by atoms with Crippen molar-refractivity contribution in [2.24, 2.45) is 0 Å². The van der Waals surface area contributed by atoms with Crippen LogP contribution in [0, 0.1) is 0 Å². The van der Waals surface area contributed by atoms with Gasteiger partial charge in [-0.3, -0.25) is 0 Å². The maximum atomic E-state index is 10.3. The molecule has 49 heavy (non-hydrogen) atoms. The highest BCUT2D eigenvalue weighted by Gasteiger charge is 2.38. The second-order valence-corrected chi connectivity index (χ2v) is 11.8. The largest absolute Gasteiger partial charge is 0.735 e. The lowest BCUT2D eigenvalue weighted by Gasteiger charge is -2.35. The van der Waals surface area contributed by atoms with Crippen molar-refractivity contribution < 1.29 is 114 Å². The van der Waals surface area contributed by atoms with Crippen molar-refractivity contribution in [3.05, 3.63) is 0 Å². The van der Waals surface area contributed by atoms with E-state index in [9.17, 15) is 37.9 Å². The normalized spacial score (nSPS) is 36.9. The molecule has 0 radical (unpaired) electrons.